The third-order valence-electron chi connectivity index (χ3n) is 4.84. The van der Waals surface area contributed by atoms with Crippen molar-refractivity contribution in [2.45, 2.75) is 31.8 Å². The number of halogens is 1. The molecular formula is C18H25FN4O2. The number of carbonyl (C=O) groups excluding carboxylic acids is 2. The maximum absolute atomic E-state index is 13.9. The Morgan fingerprint density at radius 1 is 1.20 bits per heavy atom. The minimum absolute atomic E-state index is 0.00139. The van der Waals surface area contributed by atoms with Gasteiger partial charge in [-0.1, -0.05) is 18.2 Å². The van der Waals surface area contributed by atoms with E-state index in [0.717, 1.165) is 39.0 Å². The number of benzene rings is 1. The molecule has 0 radical (unpaired) electrons. The third kappa shape index (κ3) is 4.99. The summed E-state index contributed by atoms with van der Waals surface area (Å²) in [5.41, 5.74) is 0.699. The fourth-order valence-corrected chi connectivity index (χ4v) is 3.14. The summed E-state index contributed by atoms with van der Waals surface area (Å²) in [6.07, 6.45) is 1.98. The highest BCUT2D eigenvalue weighted by molar-refractivity contribution is 5.95. The number of nitrogens with one attached hydrogen (secondary N) is 2. The molecule has 6 nitrogen and oxygen atoms in total. The van der Waals surface area contributed by atoms with E-state index in [-0.39, 0.29) is 30.4 Å². The molecular weight excluding hydrogens is 323 g/mol. The van der Waals surface area contributed by atoms with Crippen LogP contribution in [0.25, 0.3) is 0 Å². The Bertz CT molecular complexity index is 627. The Balaban J connectivity index is 1.42. The zero-order chi connectivity index (χ0) is 17.8. The summed E-state index contributed by atoms with van der Waals surface area (Å²) < 4.78 is 13.9. The highest BCUT2D eigenvalue weighted by Crippen LogP contribution is 2.23. The quantitative estimate of drug-likeness (QED) is 0.846. The molecule has 1 saturated carbocycles. The second-order valence-corrected chi connectivity index (χ2v) is 6.81. The number of urea groups is 1. The molecule has 1 aromatic rings. The highest BCUT2D eigenvalue weighted by Gasteiger charge is 2.26. The van der Waals surface area contributed by atoms with Crippen LogP contribution in [0.15, 0.2) is 24.3 Å². The number of amides is 3. The lowest BCUT2D eigenvalue weighted by molar-refractivity contribution is -0.121. The molecule has 3 rings (SSSR count). The standard InChI is InChI=1S/C18H25FN4O2/c1-13(15-4-2-3-5-16(15)19)23-10-8-22(9-11-23)12-17(24)21-18(25)20-14-6-7-14/h2-5,13-14H,6-12H2,1H3,(H2,20,21,24,25)/t13-/m1/s1. The van der Waals surface area contributed by atoms with Gasteiger partial charge in [-0.05, 0) is 25.8 Å². The van der Waals surface area contributed by atoms with Gasteiger partial charge in [-0.15, -0.1) is 0 Å². The summed E-state index contributed by atoms with van der Waals surface area (Å²) in [5, 5.41) is 5.11. The zero-order valence-electron chi connectivity index (χ0n) is 14.5. The van der Waals surface area contributed by atoms with Gasteiger partial charge < -0.3 is 5.32 Å². The van der Waals surface area contributed by atoms with E-state index in [1.165, 1.54) is 6.07 Å². The molecule has 1 atom stereocenters. The molecule has 1 aliphatic carbocycles. The summed E-state index contributed by atoms with van der Waals surface area (Å²) in [4.78, 5) is 27.7. The first-order chi connectivity index (χ1) is 12.0. The molecule has 0 aromatic heterocycles. The molecule has 136 valence electrons. The maximum Gasteiger partial charge on any atom is 0.321 e. The van der Waals surface area contributed by atoms with Crippen LogP contribution >= 0.6 is 0 Å². The van der Waals surface area contributed by atoms with Gasteiger partial charge in [-0.3, -0.25) is 19.9 Å². The molecule has 0 bridgehead atoms. The molecule has 25 heavy (non-hydrogen) atoms. The van der Waals surface area contributed by atoms with E-state index in [2.05, 4.69) is 15.5 Å². The molecule has 2 fully saturated rings. The van der Waals surface area contributed by atoms with Crippen molar-refractivity contribution in [1.82, 2.24) is 20.4 Å². The van der Waals surface area contributed by atoms with E-state index in [0.29, 0.717) is 5.56 Å². The van der Waals surface area contributed by atoms with Crippen molar-refractivity contribution in [2.75, 3.05) is 32.7 Å². The molecule has 3 amide bonds. The van der Waals surface area contributed by atoms with Gasteiger partial charge in [-0.25, -0.2) is 9.18 Å². The molecule has 2 N–H and O–H groups in total. The van der Waals surface area contributed by atoms with Gasteiger partial charge in [0.2, 0.25) is 5.91 Å². The van der Waals surface area contributed by atoms with Gasteiger partial charge in [0.25, 0.3) is 0 Å². The maximum atomic E-state index is 13.9. The van der Waals surface area contributed by atoms with Crippen LogP contribution in [-0.4, -0.2) is 60.5 Å². The van der Waals surface area contributed by atoms with Gasteiger partial charge in [0.05, 0.1) is 6.54 Å². The SMILES string of the molecule is C[C@H](c1ccccc1F)N1CCN(CC(=O)NC(=O)NC2CC2)CC1. The first-order valence-electron chi connectivity index (χ1n) is 8.84. The molecule has 7 heteroatoms. The molecule has 2 aliphatic rings. The van der Waals surface area contributed by atoms with Crippen molar-refractivity contribution < 1.29 is 14.0 Å². The number of imide groups is 1. The van der Waals surface area contributed by atoms with Crippen molar-refractivity contribution >= 4 is 11.9 Å². The van der Waals surface area contributed by atoms with Crippen LogP contribution in [0.3, 0.4) is 0 Å². The van der Waals surface area contributed by atoms with Crippen LogP contribution in [0.2, 0.25) is 0 Å². The summed E-state index contributed by atoms with van der Waals surface area (Å²) in [5.74, 6) is -0.466. The minimum atomic E-state index is -0.403. The van der Waals surface area contributed by atoms with Crippen molar-refractivity contribution in [3.8, 4) is 0 Å². The normalized spacial score (nSPS) is 20.1. The second-order valence-electron chi connectivity index (χ2n) is 6.81. The summed E-state index contributed by atoms with van der Waals surface area (Å²) in [7, 11) is 0. The number of hydrogen-bond donors (Lipinski definition) is 2. The Morgan fingerprint density at radius 2 is 1.88 bits per heavy atom. The Morgan fingerprint density at radius 3 is 2.52 bits per heavy atom. The topological polar surface area (TPSA) is 64.7 Å². The lowest BCUT2D eigenvalue weighted by Gasteiger charge is -2.37. The number of carbonyl (C=O) groups is 2. The lowest BCUT2D eigenvalue weighted by Crippen LogP contribution is -2.51. The molecule has 1 saturated heterocycles. The Hall–Kier alpha value is -1.99. The van der Waals surface area contributed by atoms with Crippen molar-refractivity contribution in [3.63, 3.8) is 0 Å². The fourth-order valence-electron chi connectivity index (χ4n) is 3.14. The van der Waals surface area contributed by atoms with Gasteiger partial charge in [0, 0.05) is 43.8 Å². The van der Waals surface area contributed by atoms with Crippen LogP contribution < -0.4 is 10.6 Å². The van der Waals surface area contributed by atoms with Gasteiger partial charge in [0.15, 0.2) is 0 Å². The van der Waals surface area contributed by atoms with Crippen LogP contribution in [0.5, 0.6) is 0 Å². The van der Waals surface area contributed by atoms with Gasteiger partial charge in [0.1, 0.15) is 5.82 Å². The summed E-state index contributed by atoms with van der Waals surface area (Å²) >= 11 is 0. The van der Waals surface area contributed by atoms with Crippen LogP contribution in [0.1, 0.15) is 31.4 Å². The van der Waals surface area contributed by atoms with E-state index in [9.17, 15) is 14.0 Å². The van der Waals surface area contributed by atoms with Crippen LogP contribution in [0.4, 0.5) is 9.18 Å². The average Bonchev–Trinajstić information content (AvgIpc) is 3.39. The molecule has 1 aromatic carbocycles. The average molecular weight is 348 g/mol. The third-order valence-corrected chi connectivity index (χ3v) is 4.84. The first kappa shape index (κ1) is 17.8. The zero-order valence-corrected chi connectivity index (χ0v) is 14.5. The molecule has 1 heterocycles. The van der Waals surface area contributed by atoms with E-state index in [4.69, 9.17) is 0 Å². The van der Waals surface area contributed by atoms with E-state index in [1.54, 1.807) is 6.07 Å². The number of rotatable bonds is 5. The highest BCUT2D eigenvalue weighted by atomic mass is 19.1. The first-order valence-corrected chi connectivity index (χ1v) is 8.84. The van der Waals surface area contributed by atoms with E-state index in [1.807, 2.05) is 24.0 Å². The second kappa shape index (κ2) is 7.93. The van der Waals surface area contributed by atoms with Crippen LogP contribution in [-0.2, 0) is 4.79 Å². The van der Waals surface area contributed by atoms with Crippen molar-refractivity contribution in [1.29, 1.82) is 0 Å². The van der Waals surface area contributed by atoms with Gasteiger partial charge >= 0.3 is 6.03 Å². The number of piperazine rings is 1. The Labute approximate surface area is 147 Å². The minimum Gasteiger partial charge on any atom is -0.335 e. The van der Waals surface area contributed by atoms with E-state index >= 15 is 0 Å². The fraction of sp³-hybridized carbons (Fsp3) is 0.556. The van der Waals surface area contributed by atoms with E-state index < -0.39 is 6.03 Å². The summed E-state index contributed by atoms with van der Waals surface area (Å²) in [6.45, 7) is 5.17. The van der Waals surface area contributed by atoms with Crippen molar-refractivity contribution in [2.24, 2.45) is 0 Å². The summed E-state index contributed by atoms with van der Waals surface area (Å²) in [6, 6.07) is 6.68. The predicted octanol–water partition coefficient (Wildman–Crippen LogP) is 1.49. The monoisotopic (exact) mass is 348 g/mol. The molecule has 0 unspecified atom stereocenters. The van der Waals surface area contributed by atoms with Crippen LogP contribution in [0, 0.1) is 5.82 Å². The number of nitrogens with zero attached hydrogens (tertiary/aromatic N) is 2. The van der Waals surface area contributed by atoms with Crippen molar-refractivity contribution in [3.05, 3.63) is 35.6 Å². The largest absolute Gasteiger partial charge is 0.335 e. The number of hydrogen-bond acceptors (Lipinski definition) is 4. The smallest absolute Gasteiger partial charge is 0.321 e. The lowest BCUT2D eigenvalue weighted by atomic mass is 10.1. The predicted molar refractivity (Wildman–Crippen MR) is 92.5 cm³/mol. The Kier molecular flexibility index (Phi) is 5.65. The molecule has 0 spiro atoms. The molecule has 1 aliphatic heterocycles. The van der Waals surface area contributed by atoms with Gasteiger partial charge in [-0.2, -0.15) is 0 Å².